The van der Waals surface area contributed by atoms with Crippen LogP contribution in [0, 0.1) is 5.41 Å². The van der Waals surface area contributed by atoms with Crippen molar-refractivity contribution in [2.75, 3.05) is 33.4 Å². The van der Waals surface area contributed by atoms with Crippen LogP contribution in [0.2, 0.25) is 10.0 Å². The van der Waals surface area contributed by atoms with Gasteiger partial charge in [-0.2, -0.15) is 0 Å². The second-order valence-electron chi connectivity index (χ2n) is 6.20. The monoisotopic (exact) mass is 394 g/mol. The Hall–Kier alpha value is -0.520. The molecule has 1 aromatic carbocycles. The summed E-state index contributed by atoms with van der Waals surface area (Å²) in [5.74, 6) is 0.0463. The molecular formula is C17H25Cl3N2O2. The highest BCUT2D eigenvalue weighted by atomic mass is 35.5. The van der Waals surface area contributed by atoms with Crippen molar-refractivity contribution in [3.63, 3.8) is 0 Å². The van der Waals surface area contributed by atoms with Crippen molar-refractivity contribution in [1.29, 1.82) is 0 Å². The first-order valence-corrected chi connectivity index (χ1v) is 8.70. The standard InChI is InChI=1S/C17H24Cl2N2O2.ClH/c1-23-12-17(6-8-20-9-7-17)11-21-16(22)5-3-13-2-4-14(18)10-15(13)19;/h2,4,10,20H,3,5-9,11-12H2,1H3,(H,21,22);1H. The van der Waals surface area contributed by atoms with E-state index in [9.17, 15) is 4.79 Å². The molecule has 1 aliphatic heterocycles. The number of nitrogens with one attached hydrogen (secondary N) is 2. The van der Waals surface area contributed by atoms with E-state index in [1.807, 2.05) is 6.07 Å². The Balaban J connectivity index is 0.00000288. The molecule has 24 heavy (non-hydrogen) atoms. The van der Waals surface area contributed by atoms with Gasteiger partial charge in [-0.15, -0.1) is 12.4 Å². The number of hydrogen-bond donors (Lipinski definition) is 2. The third-order valence-corrected chi connectivity index (χ3v) is 5.00. The van der Waals surface area contributed by atoms with Gasteiger partial charge in [0.1, 0.15) is 0 Å². The molecule has 2 N–H and O–H groups in total. The first-order chi connectivity index (χ1) is 11.0. The van der Waals surface area contributed by atoms with E-state index < -0.39 is 0 Å². The third-order valence-electron chi connectivity index (χ3n) is 4.41. The lowest BCUT2D eigenvalue weighted by molar-refractivity contribution is -0.122. The van der Waals surface area contributed by atoms with Crippen LogP contribution in [0.25, 0.3) is 0 Å². The number of piperidine rings is 1. The minimum absolute atomic E-state index is 0. The number of carbonyl (C=O) groups excluding carboxylic acids is 1. The SMILES string of the molecule is COCC1(CNC(=O)CCc2ccc(Cl)cc2Cl)CCNCC1.Cl. The second kappa shape index (κ2) is 10.5. The van der Waals surface area contributed by atoms with Gasteiger partial charge < -0.3 is 15.4 Å². The molecule has 0 radical (unpaired) electrons. The minimum atomic E-state index is 0. The number of carbonyl (C=O) groups is 1. The molecule has 1 aromatic rings. The molecule has 0 saturated carbocycles. The van der Waals surface area contributed by atoms with Crippen molar-refractivity contribution in [2.24, 2.45) is 5.41 Å². The van der Waals surface area contributed by atoms with E-state index in [1.165, 1.54) is 0 Å². The molecule has 1 aliphatic rings. The van der Waals surface area contributed by atoms with Gasteiger partial charge in [0.15, 0.2) is 0 Å². The van der Waals surface area contributed by atoms with E-state index in [0.717, 1.165) is 31.5 Å². The number of amides is 1. The molecule has 0 spiro atoms. The van der Waals surface area contributed by atoms with E-state index in [1.54, 1.807) is 19.2 Å². The van der Waals surface area contributed by atoms with Crippen LogP contribution >= 0.6 is 35.6 Å². The Kier molecular flexibility index (Phi) is 9.39. The van der Waals surface area contributed by atoms with Crippen LogP contribution in [-0.2, 0) is 16.0 Å². The Morgan fingerprint density at radius 2 is 2.04 bits per heavy atom. The van der Waals surface area contributed by atoms with Crippen LogP contribution in [0.1, 0.15) is 24.8 Å². The molecule has 2 rings (SSSR count). The molecule has 136 valence electrons. The van der Waals surface area contributed by atoms with Crippen LogP contribution in [0.4, 0.5) is 0 Å². The first-order valence-electron chi connectivity index (χ1n) is 7.95. The lowest BCUT2D eigenvalue weighted by atomic mass is 9.79. The Bertz CT molecular complexity index is 529. The van der Waals surface area contributed by atoms with Crippen molar-refractivity contribution in [2.45, 2.75) is 25.7 Å². The Morgan fingerprint density at radius 1 is 1.33 bits per heavy atom. The highest BCUT2D eigenvalue weighted by Crippen LogP contribution is 2.28. The molecule has 0 atom stereocenters. The zero-order chi connectivity index (χ0) is 16.7. The number of aryl methyl sites for hydroxylation is 1. The number of methoxy groups -OCH3 is 1. The van der Waals surface area contributed by atoms with E-state index in [-0.39, 0.29) is 23.7 Å². The van der Waals surface area contributed by atoms with Crippen molar-refractivity contribution >= 4 is 41.5 Å². The molecule has 1 heterocycles. The molecule has 0 bridgehead atoms. The van der Waals surface area contributed by atoms with Crippen LogP contribution in [0.3, 0.4) is 0 Å². The van der Waals surface area contributed by atoms with Gasteiger partial charge in [-0.3, -0.25) is 4.79 Å². The first kappa shape index (κ1) is 21.5. The average molecular weight is 396 g/mol. The minimum Gasteiger partial charge on any atom is -0.384 e. The lowest BCUT2D eigenvalue weighted by Crippen LogP contribution is -2.47. The van der Waals surface area contributed by atoms with Gasteiger partial charge in [0, 0.05) is 35.5 Å². The molecule has 7 heteroatoms. The number of benzene rings is 1. The fourth-order valence-corrected chi connectivity index (χ4v) is 3.49. The van der Waals surface area contributed by atoms with Crippen LogP contribution in [0.15, 0.2) is 18.2 Å². The van der Waals surface area contributed by atoms with Gasteiger partial charge in [0.25, 0.3) is 0 Å². The molecule has 0 unspecified atom stereocenters. The van der Waals surface area contributed by atoms with Crippen molar-refractivity contribution in [1.82, 2.24) is 10.6 Å². The van der Waals surface area contributed by atoms with Gasteiger partial charge in [-0.1, -0.05) is 29.3 Å². The average Bonchev–Trinajstić information content (AvgIpc) is 2.53. The maximum Gasteiger partial charge on any atom is 0.220 e. The van der Waals surface area contributed by atoms with Crippen LogP contribution < -0.4 is 10.6 Å². The van der Waals surface area contributed by atoms with Gasteiger partial charge in [0.05, 0.1) is 6.61 Å². The predicted octanol–water partition coefficient (Wildman–Crippen LogP) is 3.48. The molecule has 1 saturated heterocycles. The molecule has 4 nitrogen and oxygen atoms in total. The summed E-state index contributed by atoms with van der Waals surface area (Å²) in [6.07, 6.45) is 3.07. The van der Waals surface area contributed by atoms with Gasteiger partial charge in [0.2, 0.25) is 5.91 Å². The zero-order valence-corrected chi connectivity index (χ0v) is 16.2. The van der Waals surface area contributed by atoms with Gasteiger partial charge in [-0.05, 0) is 50.0 Å². The summed E-state index contributed by atoms with van der Waals surface area (Å²) in [5.41, 5.74) is 0.993. The quantitative estimate of drug-likeness (QED) is 0.743. The summed E-state index contributed by atoms with van der Waals surface area (Å²) in [5, 5.41) is 7.63. The normalized spacial score (nSPS) is 16.3. The fraction of sp³-hybridized carbons (Fsp3) is 0.588. The van der Waals surface area contributed by atoms with Gasteiger partial charge >= 0.3 is 0 Å². The molecule has 1 amide bonds. The smallest absolute Gasteiger partial charge is 0.220 e. The summed E-state index contributed by atoms with van der Waals surface area (Å²) < 4.78 is 5.36. The summed E-state index contributed by atoms with van der Waals surface area (Å²) in [6, 6.07) is 5.37. The maximum atomic E-state index is 12.1. The summed E-state index contributed by atoms with van der Waals surface area (Å²) in [4.78, 5) is 12.1. The lowest BCUT2D eigenvalue weighted by Gasteiger charge is -2.37. The summed E-state index contributed by atoms with van der Waals surface area (Å²) >= 11 is 12.0. The molecular weight excluding hydrogens is 371 g/mol. The van der Waals surface area contributed by atoms with Crippen LogP contribution in [0.5, 0.6) is 0 Å². The highest BCUT2D eigenvalue weighted by molar-refractivity contribution is 6.35. The van der Waals surface area contributed by atoms with Crippen molar-refractivity contribution in [3.05, 3.63) is 33.8 Å². The molecule has 1 fully saturated rings. The van der Waals surface area contributed by atoms with Crippen LogP contribution in [-0.4, -0.2) is 39.3 Å². The fourth-order valence-electron chi connectivity index (χ4n) is 2.98. The maximum absolute atomic E-state index is 12.1. The van der Waals surface area contributed by atoms with E-state index in [0.29, 0.717) is 36.0 Å². The summed E-state index contributed by atoms with van der Waals surface area (Å²) in [6.45, 7) is 3.28. The zero-order valence-electron chi connectivity index (χ0n) is 13.9. The van der Waals surface area contributed by atoms with E-state index >= 15 is 0 Å². The highest BCUT2D eigenvalue weighted by Gasteiger charge is 2.32. The van der Waals surface area contributed by atoms with E-state index in [4.69, 9.17) is 27.9 Å². The Labute approximate surface area is 160 Å². The topological polar surface area (TPSA) is 50.4 Å². The molecule has 0 aromatic heterocycles. The Morgan fingerprint density at radius 3 is 2.67 bits per heavy atom. The largest absolute Gasteiger partial charge is 0.384 e. The number of rotatable bonds is 7. The van der Waals surface area contributed by atoms with Gasteiger partial charge in [-0.25, -0.2) is 0 Å². The summed E-state index contributed by atoms with van der Waals surface area (Å²) in [7, 11) is 1.72. The second-order valence-corrected chi connectivity index (χ2v) is 7.04. The number of halogens is 3. The van der Waals surface area contributed by atoms with E-state index in [2.05, 4.69) is 10.6 Å². The van der Waals surface area contributed by atoms with Crippen molar-refractivity contribution in [3.8, 4) is 0 Å². The molecule has 0 aliphatic carbocycles. The van der Waals surface area contributed by atoms with Crippen molar-refractivity contribution < 1.29 is 9.53 Å². The number of hydrogen-bond acceptors (Lipinski definition) is 3. The predicted molar refractivity (Wildman–Crippen MR) is 101 cm³/mol. The number of ether oxygens (including phenoxy) is 1. The third kappa shape index (κ3) is 6.41.